The van der Waals surface area contributed by atoms with Crippen LogP contribution in [0.2, 0.25) is 0 Å². The summed E-state index contributed by atoms with van der Waals surface area (Å²) in [6.45, 7) is 11.4. The first-order valence-corrected chi connectivity index (χ1v) is 9.34. The van der Waals surface area contributed by atoms with Crippen LogP contribution in [0, 0.1) is 0 Å². The van der Waals surface area contributed by atoms with E-state index < -0.39 is 0 Å². The molecule has 5 nitrogen and oxygen atoms in total. The van der Waals surface area contributed by atoms with Gasteiger partial charge in [0.2, 0.25) is 0 Å². The molecule has 0 spiro atoms. The van der Waals surface area contributed by atoms with Gasteiger partial charge in [0.05, 0.1) is 13.2 Å². The van der Waals surface area contributed by atoms with Crippen LogP contribution < -0.4 is 10.6 Å². The van der Waals surface area contributed by atoms with Crippen LogP contribution in [0.5, 0.6) is 0 Å². The highest BCUT2D eigenvalue weighted by Crippen LogP contribution is 2.12. The van der Waals surface area contributed by atoms with Crippen molar-refractivity contribution < 1.29 is 4.74 Å². The molecule has 0 saturated carbocycles. The summed E-state index contributed by atoms with van der Waals surface area (Å²) in [6, 6.07) is 0.559. The van der Waals surface area contributed by atoms with Gasteiger partial charge in [0.15, 0.2) is 5.96 Å². The highest BCUT2D eigenvalue weighted by molar-refractivity contribution is 14.0. The molecule has 0 radical (unpaired) electrons. The highest BCUT2D eigenvalue weighted by Gasteiger charge is 2.19. The average molecular weight is 450 g/mol. The molecule has 0 aromatic rings. The molecule has 0 amide bonds. The fourth-order valence-corrected chi connectivity index (χ4v) is 3.23. The minimum absolute atomic E-state index is 0. The van der Waals surface area contributed by atoms with Crippen molar-refractivity contribution in [3.05, 3.63) is 11.6 Å². The third kappa shape index (κ3) is 8.16. The second-order valence-electron chi connectivity index (χ2n) is 6.46. The van der Waals surface area contributed by atoms with E-state index in [-0.39, 0.29) is 24.0 Å². The number of rotatable bonds is 7. The Morgan fingerprint density at radius 2 is 2.12 bits per heavy atom. The lowest BCUT2D eigenvalue weighted by molar-refractivity contribution is 0.153. The molecule has 1 saturated heterocycles. The summed E-state index contributed by atoms with van der Waals surface area (Å²) in [5.74, 6) is 0.981. The van der Waals surface area contributed by atoms with Crippen LogP contribution >= 0.6 is 24.0 Å². The molecule has 6 heteroatoms. The molecular weight excluding hydrogens is 415 g/mol. The molecular formula is C18H35IN4O. The van der Waals surface area contributed by atoms with E-state index in [0.29, 0.717) is 6.04 Å². The first-order chi connectivity index (χ1) is 11.3. The molecule has 2 heterocycles. The number of nitrogens with zero attached hydrogens (tertiary/aromatic N) is 2. The van der Waals surface area contributed by atoms with Gasteiger partial charge >= 0.3 is 0 Å². The van der Waals surface area contributed by atoms with Gasteiger partial charge in [-0.15, -0.1) is 24.0 Å². The Morgan fingerprint density at radius 1 is 1.33 bits per heavy atom. The fraction of sp³-hybridized carbons (Fsp3) is 0.833. The molecule has 2 aliphatic rings. The van der Waals surface area contributed by atoms with E-state index in [1.807, 2.05) is 0 Å². The summed E-state index contributed by atoms with van der Waals surface area (Å²) in [6.07, 6.45) is 8.01. The maximum atomic E-state index is 5.35. The molecule has 0 aliphatic carbocycles. The lowest BCUT2D eigenvalue weighted by atomic mass is 10.1. The number of likely N-dealkylation sites (tertiary alicyclic amines) is 1. The van der Waals surface area contributed by atoms with Crippen LogP contribution in [-0.2, 0) is 4.74 Å². The van der Waals surface area contributed by atoms with Crippen molar-refractivity contribution in [3.8, 4) is 0 Å². The van der Waals surface area contributed by atoms with Crippen molar-refractivity contribution in [1.29, 1.82) is 0 Å². The Labute approximate surface area is 164 Å². The number of hydrogen-bond acceptors (Lipinski definition) is 3. The molecule has 0 atom stereocenters. The Balaban J connectivity index is 0.00000288. The Hall–Kier alpha value is -0.340. The van der Waals surface area contributed by atoms with E-state index in [9.17, 15) is 0 Å². The quantitative estimate of drug-likeness (QED) is 0.271. The molecule has 140 valence electrons. The van der Waals surface area contributed by atoms with Crippen LogP contribution in [0.3, 0.4) is 0 Å². The third-order valence-electron chi connectivity index (χ3n) is 4.57. The third-order valence-corrected chi connectivity index (χ3v) is 4.57. The predicted octanol–water partition coefficient (Wildman–Crippen LogP) is 2.77. The fourth-order valence-electron chi connectivity index (χ4n) is 3.23. The van der Waals surface area contributed by atoms with E-state index in [2.05, 4.69) is 35.5 Å². The summed E-state index contributed by atoms with van der Waals surface area (Å²) in [7, 11) is 0. The number of piperidine rings is 1. The number of aliphatic imine (C=N–C) groups is 1. The molecule has 1 fully saturated rings. The smallest absolute Gasteiger partial charge is 0.191 e. The van der Waals surface area contributed by atoms with Crippen LogP contribution in [-0.4, -0.2) is 62.8 Å². The van der Waals surface area contributed by atoms with E-state index >= 15 is 0 Å². The zero-order valence-electron chi connectivity index (χ0n) is 15.4. The minimum Gasteiger partial charge on any atom is -0.377 e. The molecule has 0 bridgehead atoms. The topological polar surface area (TPSA) is 48.9 Å². The summed E-state index contributed by atoms with van der Waals surface area (Å²) in [5.41, 5.74) is 1.49. The number of halogens is 1. The predicted molar refractivity (Wildman–Crippen MR) is 112 cm³/mol. The second-order valence-corrected chi connectivity index (χ2v) is 6.46. The maximum Gasteiger partial charge on any atom is 0.191 e. The molecule has 0 aromatic carbocycles. The van der Waals surface area contributed by atoms with Gasteiger partial charge in [0.25, 0.3) is 0 Å². The normalized spacial score (nSPS) is 20.2. The SMILES string of the molecule is CCCN1CCC(NC(=NCCC2=CCOCC2)NCC)CC1.I. The molecule has 2 rings (SSSR count). The van der Waals surface area contributed by atoms with Gasteiger partial charge in [-0.2, -0.15) is 0 Å². The van der Waals surface area contributed by atoms with Gasteiger partial charge in [0.1, 0.15) is 0 Å². The Kier molecular flexibility index (Phi) is 11.7. The molecule has 0 unspecified atom stereocenters. The Morgan fingerprint density at radius 3 is 2.75 bits per heavy atom. The van der Waals surface area contributed by atoms with E-state index in [4.69, 9.17) is 9.73 Å². The molecule has 2 aliphatic heterocycles. The monoisotopic (exact) mass is 450 g/mol. The van der Waals surface area contributed by atoms with Crippen molar-refractivity contribution in [2.45, 2.75) is 52.0 Å². The second kappa shape index (κ2) is 12.9. The minimum atomic E-state index is 0. The summed E-state index contributed by atoms with van der Waals surface area (Å²) < 4.78 is 5.35. The molecule has 2 N–H and O–H groups in total. The van der Waals surface area contributed by atoms with E-state index in [0.717, 1.165) is 45.1 Å². The van der Waals surface area contributed by atoms with Gasteiger partial charge in [-0.25, -0.2) is 0 Å². The van der Waals surface area contributed by atoms with Crippen molar-refractivity contribution in [1.82, 2.24) is 15.5 Å². The van der Waals surface area contributed by atoms with Crippen LogP contribution in [0.15, 0.2) is 16.6 Å². The lowest BCUT2D eigenvalue weighted by Crippen LogP contribution is -2.48. The zero-order chi connectivity index (χ0) is 16.3. The van der Waals surface area contributed by atoms with Gasteiger partial charge in [-0.1, -0.05) is 18.6 Å². The van der Waals surface area contributed by atoms with Gasteiger partial charge in [-0.3, -0.25) is 4.99 Å². The highest BCUT2D eigenvalue weighted by atomic mass is 127. The number of nitrogens with one attached hydrogen (secondary N) is 2. The standard InChI is InChI=1S/C18H34N4O.HI/c1-3-11-22-12-6-17(7-13-22)21-18(19-4-2)20-10-5-16-8-14-23-15-9-16;/h8,17H,3-7,9-15H2,1-2H3,(H2,19,20,21);1H. The largest absolute Gasteiger partial charge is 0.377 e. The van der Waals surface area contributed by atoms with Gasteiger partial charge in [0, 0.05) is 32.2 Å². The summed E-state index contributed by atoms with van der Waals surface area (Å²) in [5, 5.41) is 7.01. The Bertz CT molecular complexity index is 392. The number of guanidine groups is 1. The first kappa shape index (κ1) is 21.7. The van der Waals surface area contributed by atoms with Crippen molar-refractivity contribution in [2.24, 2.45) is 4.99 Å². The average Bonchev–Trinajstić information content (AvgIpc) is 2.58. The zero-order valence-corrected chi connectivity index (χ0v) is 17.7. The van der Waals surface area contributed by atoms with Crippen LogP contribution in [0.1, 0.15) is 46.0 Å². The number of ether oxygens (including phenoxy) is 1. The molecule has 24 heavy (non-hydrogen) atoms. The van der Waals surface area contributed by atoms with Gasteiger partial charge in [-0.05, 0) is 45.6 Å². The van der Waals surface area contributed by atoms with Crippen LogP contribution in [0.25, 0.3) is 0 Å². The summed E-state index contributed by atoms with van der Waals surface area (Å²) >= 11 is 0. The van der Waals surface area contributed by atoms with E-state index in [1.165, 1.54) is 44.5 Å². The number of hydrogen-bond donors (Lipinski definition) is 2. The van der Waals surface area contributed by atoms with Crippen LogP contribution in [0.4, 0.5) is 0 Å². The van der Waals surface area contributed by atoms with Gasteiger partial charge < -0.3 is 20.3 Å². The maximum absolute atomic E-state index is 5.35. The summed E-state index contributed by atoms with van der Waals surface area (Å²) in [4.78, 5) is 7.33. The van der Waals surface area contributed by atoms with Crippen molar-refractivity contribution in [2.75, 3.05) is 45.9 Å². The molecule has 0 aromatic heterocycles. The first-order valence-electron chi connectivity index (χ1n) is 9.34. The van der Waals surface area contributed by atoms with E-state index in [1.54, 1.807) is 0 Å². The van der Waals surface area contributed by atoms with Crippen molar-refractivity contribution >= 4 is 29.9 Å². The van der Waals surface area contributed by atoms with Crippen molar-refractivity contribution in [3.63, 3.8) is 0 Å². The lowest BCUT2D eigenvalue weighted by Gasteiger charge is -2.32.